The number of anilines is 1. The number of phenolic OH excluding ortho intramolecular Hbond substituents is 1. The number of phenols is 1. The van der Waals surface area contributed by atoms with Crippen molar-refractivity contribution in [1.29, 1.82) is 0 Å². The number of hydrogen-bond donors (Lipinski definition) is 3. The highest BCUT2D eigenvalue weighted by atomic mass is 32.2. The minimum Gasteiger partial charge on any atom is -0.508 e. The Morgan fingerprint density at radius 1 is 1.19 bits per heavy atom. The van der Waals surface area contributed by atoms with E-state index in [2.05, 4.69) is 15.3 Å². The van der Waals surface area contributed by atoms with Gasteiger partial charge in [0, 0.05) is 0 Å². The van der Waals surface area contributed by atoms with Gasteiger partial charge in [-0.05, 0) is 36.4 Å². The SMILES string of the molecule is CCOC(=O)C1=C(c2ccccc2)Nc2nc(SC)[nH]c(=O)c2C1c1cccc(O)c1. The molecular formula is C23H21N3O4S. The molecule has 0 aliphatic carbocycles. The summed E-state index contributed by atoms with van der Waals surface area (Å²) in [6.45, 7) is 1.91. The first-order valence-electron chi connectivity index (χ1n) is 9.74. The number of rotatable bonds is 5. The second kappa shape index (κ2) is 8.69. The molecule has 0 radical (unpaired) electrons. The first kappa shape index (κ1) is 20.7. The Kier molecular flexibility index (Phi) is 5.81. The van der Waals surface area contributed by atoms with Gasteiger partial charge < -0.3 is 20.1 Å². The largest absolute Gasteiger partial charge is 0.508 e. The first-order valence-corrected chi connectivity index (χ1v) is 11.0. The molecule has 1 unspecified atom stereocenters. The molecule has 0 fully saturated rings. The number of aromatic nitrogens is 2. The number of thioether (sulfide) groups is 1. The van der Waals surface area contributed by atoms with Gasteiger partial charge in [0.15, 0.2) is 5.16 Å². The number of benzene rings is 2. The van der Waals surface area contributed by atoms with Crippen LogP contribution in [0.2, 0.25) is 0 Å². The van der Waals surface area contributed by atoms with Gasteiger partial charge >= 0.3 is 5.97 Å². The molecule has 31 heavy (non-hydrogen) atoms. The Morgan fingerprint density at radius 2 is 1.97 bits per heavy atom. The molecule has 1 atom stereocenters. The van der Waals surface area contributed by atoms with Crippen molar-refractivity contribution in [3.8, 4) is 5.75 Å². The van der Waals surface area contributed by atoms with Crippen molar-refractivity contribution >= 4 is 29.2 Å². The number of hydrogen-bond acceptors (Lipinski definition) is 7. The lowest BCUT2D eigenvalue weighted by Gasteiger charge is -2.30. The molecule has 2 aromatic carbocycles. The van der Waals surface area contributed by atoms with Crippen LogP contribution in [0.4, 0.5) is 5.82 Å². The van der Waals surface area contributed by atoms with Gasteiger partial charge in [-0.3, -0.25) is 4.79 Å². The second-order valence-electron chi connectivity index (χ2n) is 6.87. The van der Waals surface area contributed by atoms with E-state index < -0.39 is 11.9 Å². The van der Waals surface area contributed by atoms with Gasteiger partial charge in [-0.1, -0.05) is 54.2 Å². The number of H-pyrrole nitrogens is 1. The average Bonchev–Trinajstić information content (AvgIpc) is 2.78. The number of carbonyl (C=O) groups is 1. The predicted molar refractivity (Wildman–Crippen MR) is 120 cm³/mol. The van der Waals surface area contributed by atoms with Crippen molar-refractivity contribution in [2.75, 3.05) is 18.2 Å². The summed E-state index contributed by atoms with van der Waals surface area (Å²) in [5.74, 6) is -0.911. The number of aromatic amines is 1. The zero-order chi connectivity index (χ0) is 22.0. The van der Waals surface area contributed by atoms with Crippen LogP contribution in [0.15, 0.2) is 70.1 Å². The van der Waals surface area contributed by atoms with Gasteiger partial charge in [0.05, 0.1) is 29.4 Å². The van der Waals surface area contributed by atoms with Gasteiger partial charge in [-0.25, -0.2) is 9.78 Å². The fraction of sp³-hybridized carbons (Fsp3) is 0.174. The van der Waals surface area contributed by atoms with E-state index in [1.807, 2.05) is 36.6 Å². The summed E-state index contributed by atoms with van der Waals surface area (Å²) in [4.78, 5) is 33.6. The van der Waals surface area contributed by atoms with E-state index in [1.165, 1.54) is 17.8 Å². The lowest BCUT2D eigenvalue weighted by atomic mass is 9.81. The van der Waals surface area contributed by atoms with Gasteiger partial charge in [0.2, 0.25) is 0 Å². The fourth-order valence-corrected chi connectivity index (χ4v) is 4.07. The van der Waals surface area contributed by atoms with Crippen molar-refractivity contribution in [3.05, 3.63) is 87.2 Å². The Morgan fingerprint density at radius 3 is 2.65 bits per heavy atom. The summed E-state index contributed by atoms with van der Waals surface area (Å²) >= 11 is 1.31. The third-order valence-electron chi connectivity index (χ3n) is 4.98. The number of esters is 1. The number of carbonyl (C=O) groups excluding carboxylic acids is 1. The van der Waals surface area contributed by atoms with Crippen molar-refractivity contribution in [2.45, 2.75) is 18.0 Å². The zero-order valence-electron chi connectivity index (χ0n) is 17.0. The van der Waals surface area contributed by atoms with Crippen LogP contribution in [-0.2, 0) is 9.53 Å². The maximum absolute atomic E-state index is 13.2. The Labute approximate surface area is 183 Å². The molecule has 158 valence electrons. The maximum Gasteiger partial charge on any atom is 0.337 e. The molecule has 1 aromatic heterocycles. The number of nitrogens with one attached hydrogen (secondary N) is 2. The molecule has 4 rings (SSSR count). The number of ether oxygens (including phenoxy) is 1. The van der Waals surface area contributed by atoms with Crippen molar-refractivity contribution in [3.63, 3.8) is 0 Å². The quantitative estimate of drug-likeness (QED) is 0.319. The topological polar surface area (TPSA) is 104 Å². The van der Waals surface area contributed by atoms with Crippen molar-refractivity contribution in [2.24, 2.45) is 0 Å². The van der Waals surface area contributed by atoms with Gasteiger partial charge in [0.1, 0.15) is 11.6 Å². The molecule has 8 heteroatoms. The van der Waals surface area contributed by atoms with E-state index in [1.54, 1.807) is 25.1 Å². The predicted octanol–water partition coefficient (Wildman–Crippen LogP) is 3.73. The van der Waals surface area contributed by atoms with Gasteiger partial charge in [0.25, 0.3) is 5.56 Å². The van der Waals surface area contributed by atoms with Gasteiger partial charge in [-0.15, -0.1) is 0 Å². The van der Waals surface area contributed by atoms with Crippen LogP contribution in [0.3, 0.4) is 0 Å². The monoisotopic (exact) mass is 435 g/mol. The van der Waals surface area contributed by atoms with Crippen LogP contribution in [0.25, 0.3) is 5.70 Å². The van der Waals surface area contributed by atoms with E-state index in [0.717, 1.165) is 5.56 Å². The highest BCUT2D eigenvalue weighted by molar-refractivity contribution is 7.98. The van der Waals surface area contributed by atoms with Crippen LogP contribution >= 0.6 is 11.8 Å². The molecule has 0 saturated heterocycles. The minimum absolute atomic E-state index is 0.0344. The van der Waals surface area contributed by atoms with Crippen LogP contribution in [0.5, 0.6) is 5.75 Å². The fourth-order valence-electron chi connectivity index (χ4n) is 3.69. The van der Waals surface area contributed by atoms with Crippen molar-refractivity contribution in [1.82, 2.24) is 9.97 Å². The van der Waals surface area contributed by atoms with E-state index in [0.29, 0.717) is 27.8 Å². The third-order valence-corrected chi connectivity index (χ3v) is 5.56. The van der Waals surface area contributed by atoms with Crippen LogP contribution in [0.1, 0.15) is 29.5 Å². The molecule has 0 saturated carbocycles. The first-order chi connectivity index (χ1) is 15.0. The third kappa shape index (κ3) is 3.94. The maximum atomic E-state index is 13.2. The average molecular weight is 436 g/mol. The Bertz CT molecular complexity index is 1220. The number of aromatic hydroxyl groups is 1. The molecule has 0 spiro atoms. The van der Waals surface area contributed by atoms with E-state index in [-0.39, 0.29) is 23.5 Å². The molecule has 3 N–H and O–H groups in total. The summed E-state index contributed by atoms with van der Waals surface area (Å²) in [6, 6.07) is 15.9. The van der Waals surface area contributed by atoms with E-state index in [9.17, 15) is 14.7 Å². The normalized spacial score (nSPS) is 15.2. The Hall–Kier alpha value is -3.52. The highest BCUT2D eigenvalue weighted by Gasteiger charge is 2.38. The summed E-state index contributed by atoms with van der Waals surface area (Å²) in [5.41, 5.74) is 2.09. The van der Waals surface area contributed by atoms with Gasteiger partial charge in [-0.2, -0.15) is 0 Å². The second-order valence-corrected chi connectivity index (χ2v) is 7.66. The molecule has 1 aliphatic heterocycles. The lowest BCUT2D eigenvalue weighted by Crippen LogP contribution is -2.31. The van der Waals surface area contributed by atoms with E-state index >= 15 is 0 Å². The van der Waals surface area contributed by atoms with Crippen LogP contribution in [-0.4, -0.2) is 33.9 Å². The molecule has 3 aromatic rings. The number of nitrogens with zero attached hydrogens (tertiary/aromatic N) is 1. The van der Waals surface area contributed by atoms with E-state index in [4.69, 9.17) is 4.74 Å². The summed E-state index contributed by atoms with van der Waals surface area (Å²) < 4.78 is 5.38. The molecule has 7 nitrogen and oxygen atoms in total. The molecular weight excluding hydrogens is 414 g/mol. The standard InChI is InChI=1S/C23H21N3O4S/c1-3-30-22(29)17-16(14-10-7-11-15(27)12-14)18-20(25-23(31-2)26-21(18)28)24-19(17)13-8-5-4-6-9-13/h4-12,16,27H,3H2,1-2H3,(H2,24,25,26,28). The molecule has 0 amide bonds. The van der Waals surface area contributed by atoms with Crippen LogP contribution in [0, 0.1) is 0 Å². The summed E-state index contributed by atoms with van der Waals surface area (Å²) in [6.07, 6.45) is 1.82. The smallest absolute Gasteiger partial charge is 0.337 e. The Balaban J connectivity index is 2.06. The lowest BCUT2D eigenvalue weighted by molar-refractivity contribution is -0.138. The molecule has 1 aliphatic rings. The highest BCUT2D eigenvalue weighted by Crippen LogP contribution is 2.43. The molecule has 0 bridgehead atoms. The summed E-state index contributed by atoms with van der Waals surface area (Å²) in [7, 11) is 0. The zero-order valence-corrected chi connectivity index (χ0v) is 17.8. The molecule has 2 heterocycles. The van der Waals surface area contributed by atoms with Crippen LogP contribution < -0.4 is 10.9 Å². The summed E-state index contributed by atoms with van der Waals surface area (Å²) in [5, 5.41) is 13.8. The number of fused-ring (bicyclic) bond motifs is 1. The van der Waals surface area contributed by atoms with Crippen molar-refractivity contribution < 1.29 is 14.6 Å². The minimum atomic E-state index is -0.773.